The minimum absolute atomic E-state index is 4.07. The molecule has 0 aromatic carbocycles. The molecule has 0 unspecified atom stereocenters. The molecule has 2 nitrogen and oxygen atoms in total. The summed E-state index contributed by atoms with van der Waals surface area (Å²) in [6.45, 7) is 0. The van der Waals surface area contributed by atoms with Crippen LogP contribution >= 0.6 is 0 Å². The summed E-state index contributed by atoms with van der Waals surface area (Å²) in [5.41, 5.74) is -13.7. The number of rotatable bonds is 1. The van der Waals surface area contributed by atoms with Crippen LogP contribution in [0.5, 0.6) is 0 Å². The van der Waals surface area contributed by atoms with Gasteiger partial charge < -0.3 is 5.11 Å². The highest BCUT2D eigenvalue weighted by atomic mass is 19.4. The summed E-state index contributed by atoms with van der Waals surface area (Å²) in [5, 5.41) is 8.20. The Bertz CT molecular complexity index is 508. The fraction of sp³-hybridized carbons (Fsp3) is 0.875. The maximum absolute atomic E-state index is 13.5. The van der Waals surface area contributed by atoms with Crippen LogP contribution in [0.15, 0.2) is 0 Å². The summed E-state index contributed by atoms with van der Waals surface area (Å²) in [6, 6.07) is 0. The molecular weight excluding hydrogens is 337 g/mol. The molecule has 13 heteroatoms. The molecule has 0 aromatic rings. The molecule has 0 aromatic heterocycles. The smallest absolute Gasteiger partial charge is 0.357 e. The number of carboxylic acid groups (broad SMARTS) is 1. The Labute approximate surface area is 106 Å². The number of alkyl halides is 11. The monoisotopic (exact) mass is 338 g/mol. The van der Waals surface area contributed by atoms with Gasteiger partial charge in [-0.2, -0.15) is 35.1 Å². The first-order chi connectivity index (χ1) is 8.94. The Hall–Kier alpha value is -1.30. The predicted molar refractivity (Wildman–Crippen MR) is 38.6 cm³/mol. The number of aliphatic carboxylic acids is 1. The van der Waals surface area contributed by atoms with Gasteiger partial charge in [-0.3, -0.25) is 4.79 Å². The van der Waals surface area contributed by atoms with E-state index >= 15 is 0 Å². The van der Waals surface area contributed by atoms with Crippen LogP contribution in [-0.4, -0.2) is 46.4 Å². The molecule has 21 heavy (non-hydrogen) atoms. The second-order valence-electron chi connectivity index (χ2n) is 4.59. The number of halogens is 11. The zero-order valence-corrected chi connectivity index (χ0v) is 9.01. The number of hydrogen-bond acceptors (Lipinski definition) is 1. The fourth-order valence-electron chi connectivity index (χ4n) is 2.75. The second-order valence-corrected chi connectivity index (χ2v) is 4.59. The van der Waals surface area contributed by atoms with E-state index in [1.165, 1.54) is 0 Å². The molecular formula is C8HF11O2. The molecule has 2 rings (SSSR count). The highest BCUT2D eigenvalue weighted by Crippen LogP contribution is 2.85. The van der Waals surface area contributed by atoms with Crippen molar-refractivity contribution in [3.63, 3.8) is 0 Å². The quantitative estimate of drug-likeness (QED) is 0.747. The first-order valence-electron chi connectivity index (χ1n) is 4.76. The highest BCUT2D eigenvalue weighted by Gasteiger charge is 3.18. The number of fused-ring (bicyclic) bond motifs is 2. The molecule has 0 heterocycles. The molecule has 0 spiro atoms. The van der Waals surface area contributed by atoms with Crippen molar-refractivity contribution in [2.45, 2.75) is 35.3 Å². The van der Waals surface area contributed by atoms with E-state index in [9.17, 15) is 53.1 Å². The second kappa shape index (κ2) is 3.07. The molecule has 122 valence electrons. The standard InChI is InChI=1S/C8HF11O2/c9-3-4(10,11)2(1(20)21,5(12,13)7(3,16)17)6(14,15)8(3,18)19/h(H,20,21). The van der Waals surface area contributed by atoms with E-state index in [1.54, 1.807) is 0 Å². The zero-order valence-electron chi connectivity index (χ0n) is 9.01. The van der Waals surface area contributed by atoms with Crippen molar-refractivity contribution in [3.05, 3.63) is 0 Å². The van der Waals surface area contributed by atoms with E-state index in [2.05, 4.69) is 0 Å². The van der Waals surface area contributed by atoms with Gasteiger partial charge >= 0.3 is 41.3 Å². The molecule has 2 saturated carbocycles. The van der Waals surface area contributed by atoms with Gasteiger partial charge in [0.15, 0.2) is 0 Å². The van der Waals surface area contributed by atoms with Crippen molar-refractivity contribution in [2.75, 3.05) is 0 Å². The van der Waals surface area contributed by atoms with Crippen molar-refractivity contribution in [3.8, 4) is 0 Å². The van der Waals surface area contributed by atoms with E-state index in [-0.39, 0.29) is 0 Å². The van der Waals surface area contributed by atoms with Crippen LogP contribution in [0.4, 0.5) is 48.3 Å². The fourth-order valence-corrected chi connectivity index (χ4v) is 2.75. The van der Waals surface area contributed by atoms with E-state index < -0.39 is 46.7 Å². The van der Waals surface area contributed by atoms with Gasteiger partial charge in [0, 0.05) is 0 Å². The third-order valence-electron chi connectivity index (χ3n) is 3.82. The molecule has 2 bridgehead atoms. The minimum Gasteiger partial charge on any atom is -0.480 e. The number of carbonyl (C=O) groups is 1. The maximum Gasteiger partial charge on any atom is 0.357 e. The van der Waals surface area contributed by atoms with Gasteiger partial charge in [-0.05, 0) is 0 Å². The first-order valence-corrected chi connectivity index (χ1v) is 4.76. The molecule has 1 N–H and O–H groups in total. The summed E-state index contributed by atoms with van der Waals surface area (Å²) >= 11 is 0. The van der Waals surface area contributed by atoms with Crippen LogP contribution in [-0.2, 0) is 4.79 Å². The van der Waals surface area contributed by atoms with Crippen LogP contribution < -0.4 is 0 Å². The Morgan fingerprint density at radius 2 is 0.857 bits per heavy atom. The third-order valence-corrected chi connectivity index (χ3v) is 3.82. The SMILES string of the molecule is O=C(O)C12C(F)(F)C(F)(F)C(F)(C(F)(F)C1(F)F)C2(F)F. The van der Waals surface area contributed by atoms with Crippen LogP contribution in [0, 0.1) is 5.41 Å². The molecule has 0 atom stereocenters. The van der Waals surface area contributed by atoms with Gasteiger partial charge in [-0.15, -0.1) is 0 Å². The minimum atomic E-state index is -7.07. The molecule has 0 radical (unpaired) electrons. The number of hydrogen-bond donors (Lipinski definition) is 1. The van der Waals surface area contributed by atoms with E-state index in [1.807, 2.05) is 0 Å². The van der Waals surface area contributed by atoms with Crippen molar-refractivity contribution in [1.82, 2.24) is 0 Å². The van der Waals surface area contributed by atoms with Crippen LogP contribution in [0.1, 0.15) is 0 Å². The largest absolute Gasteiger partial charge is 0.480 e. The Morgan fingerprint density at radius 1 is 0.571 bits per heavy atom. The lowest BCUT2D eigenvalue weighted by molar-refractivity contribution is -0.397. The summed E-state index contributed by atoms with van der Waals surface area (Å²) in [4.78, 5) is 10.5. The van der Waals surface area contributed by atoms with Gasteiger partial charge in [0.1, 0.15) is 0 Å². The summed E-state index contributed by atoms with van der Waals surface area (Å²) < 4.78 is 146. The molecule has 0 aliphatic heterocycles. The summed E-state index contributed by atoms with van der Waals surface area (Å²) in [5.74, 6) is -39.1. The van der Waals surface area contributed by atoms with Gasteiger partial charge in [0.2, 0.25) is 0 Å². The normalized spacial score (nSPS) is 43.8. The van der Waals surface area contributed by atoms with Crippen molar-refractivity contribution >= 4 is 5.97 Å². The van der Waals surface area contributed by atoms with Gasteiger partial charge in [-0.1, -0.05) is 0 Å². The Balaban J connectivity index is 3.11. The lowest BCUT2D eigenvalue weighted by Gasteiger charge is -2.43. The van der Waals surface area contributed by atoms with E-state index in [0.717, 1.165) is 0 Å². The zero-order chi connectivity index (χ0) is 17.1. The highest BCUT2D eigenvalue weighted by molar-refractivity contribution is 5.84. The van der Waals surface area contributed by atoms with Gasteiger partial charge in [0.25, 0.3) is 5.41 Å². The molecule has 2 fully saturated rings. The lowest BCUT2D eigenvalue weighted by atomic mass is 9.73. The van der Waals surface area contributed by atoms with E-state index in [0.29, 0.717) is 0 Å². The van der Waals surface area contributed by atoms with Gasteiger partial charge in [0.05, 0.1) is 0 Å². The lowest BCUT2D eigenvalue weighted by Crippen LogP contribution is -2.74. The molecule has 0 saturated heterocycles. The van der Waals surface area contributed by atoms with E-state index in [4.69, 9.17) is 5.11 Å². The summed E-state index contributed by atoms with van der Waals surface area (Å²) in [6.07, 6.45) is 0. The van der Waals surface area contributed by atoms with Gasteiger partial charge in [-0.25, -0.2) is 13.2 Å². The van der Waals surface area contributed by atoms with Crippen LogP contribution in [0.25, 0.3) is 0 Å². The molecule has 0 amide bonds. The van der Waals surface area contributed by atoms with Crippen LogP contribution in [0.3, 0.4) is 0 Å². The third kappa shape index (κ3) is 0.887. The van der Waals surface area contributed by atoms with Crippen molar-refractivity contribution in [2.24, 2.45) is 5.41 Å². The Kier molecular flexibility index (Phi) is 2.35. The summed E-state index contributed by atoms with van der Waals surface area (Å²) in [7, 11) is 0. The predicted octanol–water partition coefficient (Wildman–Crippen LogP) is 2.97. The molecule has 2 aliphatic carbocycles. The molecule has 2 aliphatic rings. The Morgan fingerprint density at radius 3 is 1.05 bits per heavy atom. The van der Waals surface area contributed by atoms with Crippen LogP contribution in [0.2, 0.25) is 0 Å². The first kappa shape index (κ1) is 16.1. The van der Waals surface area contributed by atoms with Crippen molar-refractivity contribution < 1.29 is 58.2 Å². The van der Waals surface area contributed by atoms with Crippen molar-refractivity contribution in [1.29, 1.82) is 0 Å². The average molecular weight is 338 g/mol. The average Bonchev–Trinajstić information content (AvgIpc) is 2.35. The topological polar surface area (TPSA) is 37.3 Å². The number of carboxylic acids is 1. The maximum atomic E-state index is 13.5.